The molecule has 5 rings (SSSR count). The molecule has 0 saturated carbocycles. The second-order valence-electron chi connectivity index (χ2n) is 9.29. The number of carbonyl (C=O) groups is 1. The molecule has 1 saturated heterocycles. The Morgan fingerprint density at radius 3 is 2.88 bits per heavy atom. The van der Waals surface area contributed by atoms with Gasteiger partial charge in [0.15, 0.2) is 6.61 Å². The summed E-state index contributed by atoms with van der Waals surface area (Å²) < 4.78 is 7.81. The van der Waals surface area contributed by atoms with E-state index in [0.29, 0.717) is 18.3 Å². The number of carbonyl (C=O) groups excluding carboxylic acids is 1. The summed E-state index contributed by atoms with van der Waals surface area (Å²) in [6.45, 7) is 4.45. The van der Waals surface area contributed by atoms with Gasteiger partial charge in [0.05, 0.1) is 23.9 Å². The second kappa shape index (κ2) is 10.5. The molecule has 0 bridgehead atoms. The first-order valence-electron chi connectivity index (χ1n) is 12.2. The van der Waals surface area contributed by atoms with Crippen LogP contribution in [0.1, 0.15) is 30.0 Å². The lowest BCUT2D eigenvalue weighted by Crippen LogP contribution is -2.42. The number of amides is 1. The fourth-order valence-electron chi connectivity index (χ4n) is 4.97. The van der Waals surface area contributed by atoms with Gasteiger partial charge in [0.25, 0.3) is 5.91 Å². The van der Waals surface area contributed by atoms with Gasteiger partial charge in [0.2, 0.25) is 0 Å². The Morgan fingerprint density at radius 1 is 1.21 bits per heavy atom. The molecular formula is C26H33N5O3. The lowest BCUT2D eigenvalue weighted by molar-refractivity contribution is -0.123. The van der Waals surface area contributed by atoms with Crippen molar-refractivity contribution in [2.45, 2.75) is 38.0 Å². The molecule has 180 valence electrons. The summed E-state index contributed by atoms with van der Waals surface area (Å²) >= 11 is 0. The standard InChI is InChI=1S/C26H33N5O3/c32-23(17-30-12-9-19-3-1-2-4-20(19)16-30)15-28-26(33)18-34-24-5-6-25-21(13-24)14-29-31(25)22-7-10-27-11-8-22/h1-6,13-14,22-23,27,32H,7-12,15-18H2,(H,28,33). The number of fused-ring (bicyclic) bond motifs is 2. The maximum absolute atomic E-state index is 12.3. The van der Waals surface area contributed by atoms with Crippen LogP contribution in [0.3, 0.4) is 0 Å². The lowest BCUT2D eigenvalue weighted by Gasteiger charge is -2.30. The first kappa shape index (κ1) is 22.8. The van der Waals surface area contributed by atoms with E-state index in [0.717, 1.165) is 56.3 Å². The van der Waals surface area contributed by atoms with Crippen molar-refractivity contribution in [1.82, 2.24) is 25.3 Å². The normalized spacial score (nSPS) is 17.9. The minimum Gasteiger partial charge on any atom is -0.484 e. The van der Waals surface area contributed by atoms with Crippen LogP contribution in [0.4, 0.5) is 0 Å². The highest BCUT2D eigenvalue weighted by molar-refractivity contribution is 5.81. The van der Waals surface area contributed by atoms with Crippen molar-refractivity contribution < 1.29 is 14.6 Å². The molecule has 0 spiro atoms. The van der Waals surface area contributed by atoms with Crippen LogP contribution in [-0.4, -0.2) is 71.1 Å². The predicted molar refractivity (Wildman–Crippen MR) is 131 cm³/mol. The van der Waals surface area contributed by atoms with E-state index in [1.807, 2.05) is 24.4 Å². The molecule has 3 N–H and O–H groups in total. The van der Waals surface area contributed by atoms with Gasteiger partial charge in [-0.3, -0.25) is 14.4 Å². The third-order valence-electron chi connectivity index (χ3n) is 6.81. The Hall–Kier alpha value is -2.94. The highest BCUT2D eigenvalue weighted by Gasteiger charge is 2.20. The maximum atomic E-state index is 12.3. The number of aliphatic hydroxyl groups excluding tert-OH is 1. The zero-order valence-corrected chi connectivity index (χ0v) is 19.4. The van der Waals surface area contributed by atoms with E-state index < -0.39 is 6.10 Å². The zero-order valence-electron chi connectivity index (χ0n) is 19.4. The fourth-order valence-corrected chi connectivity index (χ4v) is 4.97. The van der Waals surface area contributed by atoms with Gasteiger partial charge in [-0.1, -0.05) is 24.3 Å². The van der Waals surface area contributed by atoms with Crippen LogP contribution in [0.5, 0.6) is 5.75 Å². The molecule has 0 aliphatic carbocycles. The Labute approximate surface area is 199 Å². The van der Waals surface area contributed by atoms with Gasteiger partial charge in [0.1, 0.15) is 5.75 Å². The lowest BCUT2D eigenvalue weighted by atomic mass is 10.00. The number of hydrogen-bond acceptors (Lipinski definition) is 6. The number of nitrogens with zero attached hydrogens (tertiary/aromatic N) is 3. The monoisotopic (exact) mass is 463 g/mol. The Morgan fingerprint density at radius 2 is 2.03 bits per heavy atom. The van der Waals surface area contributed by atoms with Crippen LogP contribution in [0.2, 0.25) is 0 Å². The summed E-state index contributed by atoms with van der Waals surface area (Å²) in [6.07, 6.45) is 4.38. The Balaban J connectivity index is 1.07. The van der Waals surface area contributed by atoms with Gasteiger partial charge in [-0.2, -0.15) is 5.10 Å². The molecule has 1 aromatic heterocycles. The van der Waals surface area contributed by atoms with Crippen LogP contribution in [0.15, 0.2) is 48.7 Å². The summed E-state index contributed by atoms with van der Waals surface area (Å²) in [6, 6.07) is 14.7. The smallest absolute Gasteiger partial charge is 0.258 e. The highest BCUT2D eigenvalue weighted by Crippen LogP contribution is 2.26. The van der Waals surface area contributed by atoms with Crippen molar-refractivity contribution in [3.05, 3.63) is 59.8 Å². The summed E-state index contributed by atoms with van der Waals surface area (Å²) in [5.74, 6) is 0.397. The van der Waals surface area contributed by atoms with E-state index in [9.17, 15) is 9.90 Å². The number of aromatic nitrogens is 2. The minimum absolute atomic E-state index is 0.0856. The topological polar surface area (TPSA) is 91.6 Å². The summed E-state index contributed by atoms with van der Waals surface area (Å²) in [4.78, 5) is 14.5. The molecular weight excluding hydrogens is 430 g/mol. The van der Waals surface area contributed by atoms with Crippen LogP contribution in [0.25, 0.3) is 10.9 Å². The number of nitrogens with one attached hydrogen (secondary N) is 2. The molecule has 2 aliphatic rings. The fraction of sp³-hybridized carbons (Fsp3) is 0.462. The zero-order chi connectivity index (χ0) is 23.3. The average molecular weight is 464 g/mol. The van der Waals surface area contributed by atoms with Gasteiger partial charge in [-0.05, 0) is 61.7 Å². The van der Waals surface area contributed by atoms with Crippen molar-refractivity contribution >= 4 is 16.8 Å². The number of β-amino-alcohol motifs (C(OH)–C–C–N with tert-alkyl or cyclic N) is 1. The molecule has 34 heavy (non-hydrogen) atoms. The van der Waals surface area contributed by atoms with Gasteiger partial charge >= 0.3 is 0 Å². The van der Waals surface area contributed by atoms with Gasteiger partial charge in [0, 0.05) is 31.6 Å². The minimum atomic E-state index is -0.619. The van der Waals surface area contributed by atoms with Gasteiger partial charge in [-0.25, -0.2) is 0 Å². The average Bonchev–Trinajstić information content (AvgIpc) is 3.30. The molecule has 2 aromatic carbocycles. The molecule has 3 aromatic rings. The summed E-state index contributed by atoms with van der Waals surface area (Å²) in [7, 11) is 0. The van der Waals surface area contributed by atoms with E-state index in [-0.39, 0.29) is 19.1 Å². The van der Waals surface area contributed by atoms with Crippen molar-refractivity contribution in [3.8, 4) is 5.75 Å². The van der Waals surface area contributed by atoms with E-state index in [2.05, 4.69) is 49.6 Å². The number of benzene rings is 2. The van der Waals surface area contributed by atoms with Crippen LogP contribution < -0.4 is 15.4 Å². The van der Waals surface area contributed by atoms with E-state index in [4.69, 9.17) is 4.74 Å². The van der Waals surface area contributed by atoms with Crippen LogP contribution in [-0.2, 0) is 17.8 Å². The molecule has 2 aliphatic heterocycles. The molecule has 1 unspecified atom stereocenters. The molecule has 0 radical (unpaired) electrons. The van der Waals surface area contributed by atoms with Crippen LogP contribution >= 0.6 is 0 Å². The first-order valence-corrected chi connectivity index (χ1v) is 12.2. The van der Waals surface area contributed by atoms with E-state index in [1.54, 1.807) is 0 Å². The van der Waals surface area contributed by atoms with Crippen molar-refractivity contribution in [1.29, 1.82) is 0 Å². The van der Waals surface area contributed by atoms with E-state index in [1.165, 1.54) is 11.1 Å². The van der Waals surface area contributed by atoms with E-state index >= 15 is 0 Å². The molecule has 1 amide bonds. The van der Waals surface area contributed by atoms with Crippen LogP contribution in [0, 0.1) is 0 Å². The predicted octanol–water partition coefficient (Wildman–Crippen LogP) is 1.88. The number of aliphatic hydroxyl groups is 1. The highest BCUT2D eigenvalue weighted by atomic mass is 16.5. The SMILES string of the molecule is O=C(COc1ccc2c(cnn2C2CCNCC2)c1)NCC(O)CN1CCc2ccccc2C1. The molecule has 8 heteroatoms. The number of piperidine rings is 1. The summed E-state index contributed by atoms with van der Waals surface area (Å²) in [5, 5.41) is 22.2. The largest absolute Gasteiger partial charge is 0.484 e. The molecule has 1 fully saturated rings. The Bertz CT molecular complexity index is 1120. The van der Waals surface area contributed by atoms with Gasteiger partial charge < -0.3 is 20.5 Å². The Kier molecular flexibility index (Phi) is 7.08. The first-order chi connectivity index (χ1) is 16.7. The van der Waals surface area contributed by atoms with Crippen molar-refractivity contribution in [2.75, 3.05) is 39.3 Å². The third kappa shape index (κ3) is 5.41. The number of ether oxygens (including phenoxy) is 1. The van der Waals surface area contributed by atoms with Crippen molar-refractivity contribution in [3.63, 3.8) is 0 Å². The van der Waals surface area contributed by atoms with Crippen molar-refractivity contribution in [2.24, 2.45) is 0 Å². The number of hydrogen-bond donors (Lipinski definition) is 3. The molecule has 1 atom stereocenters. The quantitative estimate of drug-likeness (QED) is 0.473. The summed E-state index contributed by atoms with van der Waals surface area (Å²) in [5.41, 5.74) is 3.79. The second-order valence-corrected chi connectivity index (χ2v) is 9.29. The number of rotatable bonds is 8. The third-order valence-corrected chi connectivity index (χ3v) is 6.81. The molecule has 8 nitrogen and oxygen atoms in total. The van der Waals surface area contributed by atoms with Gasteiger partial charge in [-0.15, -0.1) is 0 Å². The molecule has 3 heterocycles. The maximum Gasteiger partial charge on any atom is 0.258 e.